The van der Waals surface area contributed by atoms with Crippen molar-refractivity contribution in [2.45, 2.75) is 29.4 Å². The predicted octanol–water partition coefficient (Wildman–Crippen LogP) is 1.86. The van der Waals surface area contributed by atoms with Gasteiger partial charge in [-0.3, -0.25) is 0 Å². The van der Waals surface area contributed by atoms with E-state index in [0.717, 1.165) is 9.50 Å². The van der Waals surface area contributed by atoms with Gasteiger partial charge in [-0.05, 0) is 36.0 Å². The zero-order chi connectivity index (χ0) is 9.97. The van der Waals surface area contributed by atoms with Crippen molar-refractivity contribution in [3.8, 4) is 0 Å². The minimum absolute atomic E-state index is 0.271. The standard InChI is InChI=1S/C7H9N5S2/c1-5(2)12-6(9-10-11-12)14-7-8-3-4-13-7/h3-5H,1-2H3. The number of nitrogens with zero attached hydrogens (tertiary/aromatic N) is 5. The van der Waals surface area contributed by atoms with Gasteiger partial charge in [0.1, 0.15) is 0 Å². The Kier molecular flexibility index (Phi) is 2.78. The lowest BCUT2D eigenvalue weighted by molar-refractivity contribution is 0.477. The summed E-state index contributed by atoms with van der Waals surface area (Å²) in [6.07, 6.45) is 1.77. The highest BCUT2D eigenvalue weighted by atomic mass is 32.2. The molecule has 7 heteroatoms. The van der Waals surface area contributed by atoms with Gasteiger partial charge in [0.15, 0.2) is 4.34 Å². The number of hydrogen-bond donors (Lipinski definition) is 0. The van der Waals surface area contributed by atoms with Gasteiger partial charge in [-0.15, -0.1) is 16.4 Å². The topological polar surface area (TPSA) is 56.5 Å². The van der Waals surface area contributed by atoms with Gasteiger partial charge in [-0.2, -0.15) is 0 Å². The number of hydrogen-bond acceptors (Lipinski definition) is 6. The number of aromatic nitrogens is 5. The second-order valence-electron chi connectivity index (χ2n) is 2.90. The minimum atomic E-state index is 0.271. The molecule has 0 aliphatic rings. The Balaban J connectivity index is 2.21. The minimum Gasteiger partial charge on any atom is -0.238 e. The third kappa shape index (κ3) is 1.93. The summed E-state index contributed by atoms with van der Waals surface area (Å²) in [6, 6.07) is 0.271. The monoisotopic (exact) mass is 227 g/mol. The molecular weight excluding hydrogens is 218 g/mol. The second kappa shape index (κ2) is 4.05. The van der Waals surface area contributed by atoms with E-state index in [-0.39, 0.29) is 6.04 Å². The Morgan fingerprint density at radius 1 is 1.50 bits per heavy atom. The van der Waals surface area contributed by atoms with Crippen molar-refractivity contribution in [3.05, 3.63) is 11.6 Å². The molecule has 2 heterocycles. The van der Waals surface area contributed by atoms with E-state index in [9.17, 15) is 0 Å². The van der Waals surface area contributed by atoms with E-state index in [2.05, 4.69) is 20.5 Å². The molecule has 5 nitrogen and oxygen atoms in total. The molecule has 0 amide bonds. The molecule has 0 bridgehead atoms. The molecule has 0 spiro atoms. The molecule has 2 aromatic rings. The lowest BCUT2D eigenvalue weighted by Gasteiger charge is -2.04. The van der Waals surface area contributed by atoms with E-state index in [1.54, 1.807) is 22.2 Å². The van der Waals surface area contributed by atoms with E-state index in [1.807, 2.05) is 19.2 Å². The van der Waals surface area contributed by atoms with Crippen LogP contribution in [-0.4, -0.2) is 25.2 Å². The van der Waals surface area contributed by atoms with Crippen LogP contribution in [0.3, 0.4) is 0 Å². The molecule has 0 aromatic carbocycles. The summed E-state index contributed by atoms with van der Waals surface area (Å²) in [5.41, 5.74) is 0. The lowest BCUT2D eigenvalue weighted by atomic mass is 10.4. The SMILES string of the molecule is CC(C)n1nnnc1Sc1nccs1. The van der Waals surface area contributed by atoms with Crippen LogP contribution in [0, 0.1) is 0 Å². The average molecular weight is 227 g/mol. The fraction of sp³-hybridized carbons (Fsp3) is 0.429. The number of thiazole rings is 1. The van der Waals surface area contributed by atoms with Gasteiger partial charge in [0, 0.05) is 11.6 Å². The Morgan fingerprint density at radius 2 is 2.36 bits per heavy atom. The molecule has 0 unspecified atom stereocenters. The first-order valence-electron chi connectivity index (χ1n) is 4.12. The fourth-order valence-electron chi connectivity index (χ4n) is 0.916. The molecule has 0 saturated heterocycles. The third-order valence-corrected chi connectivity index (χ3v) is 3.37. The molecule has 0 fully saturated rings. The summed E-state index contributed by atoms with van der Waals surface area (Å²) in [7, 11) is 0. The summed E-state index contributed by atoms with van der Waals surface area (Å²) >= 11 is 3.07. The first-order chi connectivity index (χ1) is 6.77. The third-order valence-electron chi connectivity index (χ3n) is 1.54. The normalized spacial score (nSPS) is 11.1. The van der Waals surface area contributed by atoms with Crippen LogP contribution in [0.15, 0.2) is 21.1 Å². The molecule has 0 saturated carbocycles. The summed E-state index contributed by atoms with van der Waals surface area (Å²) in [5.74, 6) is 0. The summed E-state index contributed by atoms with van der Waals surface area (Å²) in [4.78, 5) is 4.16. The lowest BCUT2D eigenvalue weighted by Crippen LogP contribution is -2.04. The molecule has 14 heavy (non-hydrogen) atoms. The van der Waals surface area contributed by atoms with Crippen LogP contribution in [0.4, 0.5) is 0 Å². The first kappa shape index (κ1) is 9.60. The van der Waals surface area contributed by atoms with E-state index in [0.29, 0.717) is 0 Å². The number of rotatable bonds is 3. The van der Waals surface area contributed by atoms with Gasteiger partial charge in [0.2, 0.25) is 5.16 Å². The van der Waals surface area contributed by atoms with Crippen LogP contribution >= 0.6 is 23.1 Å². The Bertz CT molecular complexity index is 394. The smallest absolute Gasteiger partial charge is 0.216 e. The van der Waals surface area contributed by atoms with Gasteiger partial charge in [-0.1, -0.05) is 0 Å². The first-order valence-corrected chi connectivity index (χ1v) is 5.82. The summed E-state index contributed by atoms with van der Waals surface area (Å²) in [6.45, 7) is 4.09. The molecule has 2 rings (SSSR count). The maximum absolute atomic E-state index is 4.16. The highest BCUT2D eigenvalue weighted by molar-refractivity contribution is 8.00. The highest BCUT2D eigenvalue weighted by Gasteiger charge is 2.11. The maximum Gasteiger partial charge on any atom is 0.216 e. The number of tetrazole rings is 1. The van der Waals surface area contributed by atoms with Crippen LogP contribution in [0.25, 0.3) is 0 Å². The Morgan fingerprint density at radius 3 is 3.00 bits per heavy atom. The van der Waals surface area contributed by atoms with E-state index < -0.39 is 0 Å². The zero-order valence-corrected chi connectivity index (χ0v) is 9.42. The molecule has 0 aliphatic heterocycles. The molecule has 2 aromatic heterocycles. The average Bonchev–Trinajstić information content (AvgIpc) is 2.75. The van der Waals surface area contributed by atoms with Gasteiger partial charge in [0.25, 0.3) is 0 Å². The van der Waals surface area contributed by atoms with Crippen molar-refractivity contribution >= 4 is 23.1 Å². The van der Waals surface area contributed by atoms with Gasteiger partial charge in [-0.25, -0.2) is 9.67 Å². The molecular formula is C7H9N5S2. The molecule has 74 valence electrons. The van der Waals surface area contributed by atoms with Crippen LogP contribution < -0.4 is 0 Å². The predicted molar refractivity (Wildman–Crippen MR) is 54.4 cm³/mol. The van der Waals surface area contributed by atoms with Crippen molar-refractivity contribution < 1.29 is 0 Å². The van der Waals surface area contributed by atoms with Crippen LogP contribution in [0.5, 0.6) is 0 Å². The van der Waals surface area contributed by atoms with Crippen molar-refractivity contribution in [2.24, 2.45) is 0 Å². The van der Waals surface area contributed by atoms with E-state index >= 15 is 0 Å². The largest absolute Gasteiger partial charge is 0.238 e. The zero-order valence-electron chi connectivity index (χ0n) is 7.78. The Hall–Kier alpha value is -0.950. The maximum atomic E-state index is 4.16. The molecule has 0 atom stereocenters. The van der Waals surface area contributed by atoms with Gasteiger partial charge >= 0.3 is 0 Å². The van der Waals surface area contributed by atoms with Crippen molar-refractivity contribution in [3.63, 3.8) is 0 Å². The van der Waals surface area contributed by atoms with Crippen molar-refractivity contribution in [1.82, 2.24) is 25.2 Å². The summed E-state index contributed by atoms with van der Waals surface area (Å²) < 4.78 is 2.74. The van der Waals surface area contributed by atoms with Crippen LogP contribution in [0.2, 0.25) is 0 Å². The molecule has 0 radical (unpaired) electrons. The summed E-state index contributed by atoms with van der Waals surface area (Å²) in [5, 5.41) is 14.2. The quantitative estimate of drug-likeness (QED) is 0.801. The van der Waals surface area contributed by atoms with Crippen LogP contribution in [-0.2, 0) is 0 Å². The molecule has 0 N–H and O–H groups in total. The fourth-order valence-corrected chi connectivity index (χ4v) is 2.55. The van der Waals surface area contributed by atoms with Gasteiger partial charge < -0.3 is 0 Å². The Labute approximate surface area is 89.5 Å². The van der Waals surface area contributed by atoms with Crippen molar-refractivity contribution in [1.29, 1.82) is 0 Å². The van der Waals surface area contributed by atoms with Crippen molar-refractivity contribution in [2.75, 3.05) is 0 Å². The van der Waals surface area contributed by atoms with E-state index in [1.165, 1.54) is 11.8 Å². The van der Waals surface area contributed by atoms with Crippen LogP contribution in [0.1, 0.15) is 19.9 Å². The van der Waals surface area contributed by atoms with Gasteiger partial charge in [0.05, 0.1) is 6.04 Å². The molecule has 0 aliphatic carbocycles. The second-order valence-corrected chi connectivity index (χ2v) is 5.01. The van der Waals surface area contributed by atoms with E-state index in [4.69, 9.17) is 0 Å². The highest BCUT2D eigenvalue weighted by Crippen LogP contribution is 2.27.